The van der Waals surface area contributed by atoms with Crippen molar-refractivity contribution >= 4 is 33.2 Å². The van der Waals surface area contributed by atoms with Crippen LogP contribution in [0.1, 0.15) is 42.7 Å². The van der Waals surface area contributed by atoms with Crippen LogP contribution in [0, 0.1) is 0 Å². The normalized spacial score (nSPS) is 19.6. The highest BCUT2D eigenvalue weighted by Gasteiger charge is 2.32. The fourth-order valence-electron chi connectivity index (χ4n) is 4.57. The monoisotopic (exact) mass is 475 g/mol. The van der Waals surface area contributed by atoms with E-state index in [0.717, 1.165) is 12.8 Å². The number of rotatable bonds is 6. The third kappa shape index (κ3) is 4.60. The number of hydrogen-bond acceptors (Lipinski definition) is 5. The second-order valence-corrected chi connectivity index (χ2v) is 11.1. The zero-order chi connectivity index (χ0) is 22.7. The van der Waals surface area contributed by atoms with Crippen LogP contribution in [0.15, 0.2) is 46.7 Å². The fraction of sp³-hybridized carbons (Fsp3) is 0.478. The molecular formula is C23H29N3O4S2. The molecule has 1 atom stereocenters. The molecule has 1 aromatic heterocycles. The highest BCUT2D eigenvalue weighted by molar-refractivity contribution is 7.89. The summed E-state index contributed by atoms with van der Waals surface area (Å²) >= 11 is 1.75. The maximum absolute atomic E-state index is 12.9. The Balaban J connectivity index is 1.29. The van der Waals surface area contributed by atoms with Gasteiger partial charge < -0.3 is 9.80 Å². The Morgan fingerprint density at radius 1 is 0.969 bits per heavy atom. The minimum Gasteiger partial charge on any atom is -0.340 e. The first-order chi connectivity index (χ1) is 15.4. The molecule has 7 nitrogen and oxygen atoms in total. The summed E-state index contributed by atoms with van der Waals surface area (Å²) in [5.41, 5.74) is 1.25. The van der Waals surface area contributed by atoms with E-state index in [2.05, 4.69) is 18.4 Å². The van der Waals surface area contributed by atoms with Crippen molar-refractivity contribution in [3.63, 3.8) is 0 Å². The summed E-state index contributed by atoms with van der Waals surface area (Å²) in [4.78, 5) is 30.8. The molecular weight excluding hydrogens is 446 g/mol. The van der Waals surface area contributed by atoms with E-state index in [4.69, 9.17) is 0 Å². The molecule has 0 radical (unpaired) electrons. The number of carbonyl (C=O) groups excluding carboxylic acids is 2. The van der Waals surface area contributed by atoms with Crippen molar-refractivity contribution in [2.24, 2.45) is 0 Å². The minimum absolute atomic E-state index is 0.0207. The summed E-state index contributed by atoms with van der Waals surface area (Å²) < 4.78 is 26.9. The Morgan fingerprint density at radius 3 is 2.34 bits per heavy atom. The maximum atomic E-state index is 12.9. The van der Waals surface area contributed by atoms with Crippen molar-refractivity contribution in [1.29, 1.82) is 0 Å². The number of nitrogens with zero attached hydrogens (tertiary/aromatic N) is 3. The Morgan fingerprint density at radius 2 is 1.66 bits per heavy atom. The van der Waals surface area contributed by atoms with Gasteiger partial charge in [0, 0.05) is 50.4 Å². The average Bonchev–Trinajstić information content (AvgIpc) is 3.31. The van der Waals surface area contributed by atoms with Gasteiger partial charge in [-0.15, -0.1) is 11.3 Å². The van der Waals surface area contributed by atoms with Gasteiger partial charge in [-0.25, -0.2) is 8.42 Å². The van der Waals surface area contributed by atoms with Gasteiger partial charge in [0.05, 0.1) is 10.9 Å². The number of sulfonamides is 1. The second-order valence-electron chi connectivity index (χ2n) is 8.16. The molecule has 3 heterocycles. The molecule has 172 valence electrons. The topological polar surface area (TPSA) is 78.0 Å². The Hall–Kier alpha value is -2.23. The summed E-state index contributed by atoms with van der Waals surface area (Å²) in [5.74, 6) is -0.0660. The van der Waals surface area contributed by atoms with Crippen LogP contribution in [0.2, 0.25) is 0 Å². The highest BCUT2D eigenvalue weighted by atomic mass is 32.2. The molecule has 2 aromatic rings. The molecule has 1 unspecified atom stereocenters. The predicted octanol–water partition coefficient (Wildman–Crippen LogP) is 2.90. The molecule has 0 bridgehead atoms. The largest absolute Gasteiger partial charge is 0.340 e. The average molecular weight is 476 g/mol. The van der Waals surface area contributed by atoms with Gasteiger partial charge in [0.15, 0.2) is 0 Å². The lowest BCUT2D eigenvalue weighted by molar-refractivity contribution is -0.139. The van der Waals surface area contributed by atoms with Crippen molar-refractivity contribution in [3.05, 3.63) is 52.2 Å². The van der Waals surface area contributed by atoms with E-state index in [1.165, 1.54) is 14.7 Å². The van der Waals surface area contributed by atoms with Crippen molar-refractivity contribution in [2.75, 3.05) is 32.7 Å². The first kappa shape index (κ1) is 22.9. The molecule has 2 amide bonds. The summed E-state index contributed by atoms with van der Waals surface area (Å²) in [6.45, 7) is 4.02. The summed E-state index contributed by atoms with van der Waals surface area (Å²) in [6.07, 6.45) is 2.09. The first-order valence-electron chi connectivity index (χ1n) is 11.1. The van der Waals surface area contributed by atoms with Crippen LogP contribution in [-0.2, 0) is 26.0 Å². The first-order valence-corrected chi connectivity index (χ1v) is 13.4. The van der Waals surface area contributed by atoms with Crippen molar-refractivity contribution in [1.82, 2.24) is 14.1 Å². The van der Waals surface area contributed by atoms with Gasteiger partial charge in [0.1, 0.15) is 0 Å². The van der Waals surface area contributed by atoms with Gasteiger partial charge in [-0.3, -0.25) is 9.59 Å². The van der Waals surface area contributed by atoms with Crippen LogP contribution in [0.4, 0.5) is 0 Å². The molecule has 1 fully saturated rings. The summed E-state index contributed by atoms with van der Waals surface area (Å²) in [6, 6.07) is 10.6. The quantitative estimate of drug-likeness (QED) is 0.644. The van der Waals surface area contributed by atoms with Gasteiger partial charge in [0.2, 0.25) is 21.8 Å². The minimum atomic E-state index is -3.54. The smallest absolute Gasteiger partial charge is 0.243 e. The molecule has 0 spiro atoms. The zero-order valence-corrected chi connectivity index (χ0v) is 19.9. The Kier molecular flexibility index (Phi) is 6.97. The van der Waals surface area contributed by atoms with Crippen LogP contribution in [0.25, 0.3) is 0 Å². The van der Waals surface area contributed by atoms with Crippen molar-refractivity contribution in [2.45, 2.75) is 43.5 Å². The van der Waals surface area contributed by atoms with Gasteiger partial charge in [-0.05, 0) is 42.0 Å². The molecule has 2 aliphatic heterocycles. The highest BCUT2D eigenvalue weighted by Crippen LogP contribution is 2.35. The number of benzene rings is 1. The standard InChI is InChI=1S/C23H29N3O4S2/c1-2-20-19-11-17-31-21(19)10-12-26(20)23(28)9-8-22(27)24-13-15-25(16-14-24)32(29,30)18-6-4-3-5-7-18/h3-7,11,17,20H,2,8-10,12-16H2,1H3. The number of carbonyl (C=O) groups is 2. The van der Waals surface area contributed by atoms with Crippen LogP contribution in [-0.4, -0.2) is 67.1 Å². The molecule has 1 saturated heterocycles. The molecule has 2 aliphatic rings. The third-order valence-corrected chi connectivity index (χ3v) is 9.24. The summed E-state index contributed by atoms with van der Waals surface area (Å²) in [5, 5.41) is 2.09. The van der Waals surface area contributed by atoms with E-state index in [1.54, 1.807) is 46.6 Å². The van der Waals surface area contributed by atoms with Gasteiger partial charge in [-0.2, -0.15) is 4.31 Å². The predicted molar refractivity (Wildman–Crippen MR) is 124 cm³/mol. The van der Waals surface area contributed by atoms with E-state index in [-0.39, 0.29) is 48.7 Å². The van der Waals surface area contributed by atoms with E-state index in [1.807, 2.05) is 4.90 Å². The maximum Gasteiger partial charge on any atom is 0.243 e. The summed E-state index contributed by atoms with van der Waals surface area (Å²) in [7, 11) is -3.54. The second kappa shape index (κ2) is 9.72. The molecule has 9 heteroatoms. The van der Waals surface area contributed by atoms with Crippen LogP contribution in [0.5, 0.6) is 0 Å². The van der Waals surface area contributed by atoms with E-state index in [9.17, 15) is 18.0 Å². The molecule has 32 heavy (non-hydrogen) atoms. The molecule has 0 aliphatic carbocycles. The molecule has 0 saturated carbocycles. The Bertz CT molecular complexity index is 1060. The van der Waals surface area contributed by atoms with Crippen molar-refractivity contribution in [3.8, 4) is 0 Å². The van der Waals surface area contributed by atoms with E-state index >= 15 is 0 Å². The van der Waals surface area contributed by atoms with Gasteiger partial charge >= 0.3 is 0 Å². The number of piperazine rings is 1. The van der Waals surface area contributed by atoms with Gasteiger partial charge in [-0.1, -0.05) is 25.1 Å². The van der Waals surface area contributed by atoms with Crippen LogP contribution < -0.4 is 0 Å². The molecule has 1 aromatic carbocycles. The lowest BCUT2D eigenvalue weighted by Gasteiger charge is -2.36. The lowest BCUT2D eigenvalue weighted by Crippen LogP contribution is -2.50. The zero-order valence-electron chi connectivity index (χ0n) is 18.3. The van der Waals surface area contributed by atoms with E-state index in [0.29, 0.717) is 19.6 Å². The van der Waals surface area contributed by atoms with Crippen LogP contribution in [0.3, 0.4) is 0 Å². The number of amides is 2. The third-order valence-electron chi connectivity index (χ3n) is 6.33. The van der Waals surface area contributed by atoms with Gasteiger partial charge in [0.25, 0.3) is 0 Å². The lowest BCUT2D eigenvalue weighted by atomic mass is 9.97. The Labute approximate surface area is 193 Å². The molecule has 4 rings (SSSR count). The SMILES string of the molecule is CCC1c2ccsc2CCN1C(=O)CCC(=O)N1CCN(S(=O)(=O)c2ccccc2)CC1. The molecule has 0 N–H and O–H groups in total. The number of thiophene rings is 1. The number of hydrogen-bond donors (Lipinski definition) is 0. The van der Waals surface area contributed by atoms with E-state index < -0.39 is 10.0 Å². The van der Waals surface area contributed by atoms with Crippen molar-refractivity contribution < 1.29 is 18.0 Å². The fourth-order valence-corrected chi connectivity index (χ4v) is 6.94. The van der Waals surface area contributed by atoms with Crippen LogP contribution >= 0.6 is 11.3 Å². The number of fused-ring (bicyclic) bond motifs is 1.